The predicted octanol–water partition coefficient (Wildman–Crippen LogP) is 4.19. The van der Waals surface area contributed by atoms with Crippen molar-refractivity contribution in [1.82, 2.24) is 0 Å². The first-order valence-electron chi connectivity index (χ1n) is 5.98. The van der Waals surface area contributed by atoms with E-state index in [1.807, 2.05) is 31.2 Å². The number of hydrogen-bond acceptors (Lipinski definition) is 2. The smallest absolute Gasteiger partial charge is 0.165 e. The van der Waals surface area contributed by atoms with Crippen LogP contribution in [-0.2, 0) is 6.61 Å². The Morgan fingerprint density at radius 3 is 2.47 bits per heavy atom. The van der Waals surface area contributed by atoms with E-state index in [1.54, 1.807) is 12.1 Å². The fourth-order valence-corrected chi connectivity index (χ4v) is 1.92. The van der Waals surface area contributed by atoms with Crippen LogP contribution in [0.5, 0.6) is 5.75 Å². The lowest BCUT2D eigenvalue weighted by Gasteiger charge is -2.10. The highest BCUT2D eigenvalue weighted by Gasteiger charge is 2.07. The van der Waals surface area contributed by atoms with Crippen molar-refractivity contribution in [3.8, 4) is 5.75 Å². The molecule has 0 aliphatic carbocycles. The van der Waals surface area contributed by atoms with Gasteiger partial charge in [0.15, 0.2) is 11.6 Å². The minimum Gasteiger partial charge on any atom is -0.486 e. The number of nitrogens with two attached hydrogens (primary N) is 1. The van der Waals surface area contributed by atoms with Gasteiger partial charge in [-0.15, -0.1) is 0 Å². The summed E-state index contributed by atoms with van der Waals surface area (Å²) in [6.45, 7) is 2.15. The Kier molecular flexibility index (Phi) is 4.56. The summed E-state index contributed by atoms with van der Waals surface area (Å²) < 4.78 is 20.3. The van der Waals surface area contributed by atoms with E-state index in [0.717, 1.165) is 15.6 Å². The van der Waals surface area contributed by atoms with E-state index >= 15 is 0 Å². The summed E-state index contributed by atoms with van der Waals surface area (Å²) in [5, 5.41) is 0. The van der Waals surface area contributed by atoms with Crippen molar-refractivity contribution in [2.24, 2.45) is 5.73 Å². The maximum absolute atomic E-state index is 13.8. The molecule has 0 aliphatic rings. The molecule has 2 nitrogen and oxygen atoms in total. The molecule has 0 radical (unpaired) electrons. The molecule has 4 heteroatoms. The lowest BCUT2D eigenvalue weighted by Crippen LogP contribution is -2.06. The van der Waals surface area contributed by atoms with Crippen molar-refractivity contribution in [1.29, 1.82) is 0 Å². The van der Waals surface area contributed by atoms with Crippen molar-refractivity contribution in [2.75, 3.05) is 0 Å². The molecule has 100 valence electrons. The average molecular weight is 324 g/mol. The molecule has 0 saturated heterocycles. The Hall–Kier alpha value is -1.39. The summed E-state index contributed by atoms with van der Waals surface area (Å²) in [6, 6.07) is 12.3. The van der Waals surface area contributed by atoms with Gasteiger partial charge in [0, 0.05) is 10.5 Å². The van der Waals surface area contributed by atoms with Crippen LogP contribution < -0.4 is 10.5 Å². The third-order valence-corrected chi connectivity index (χ3v) is 3.32. The summed E-state index contributed by atoms with van der Waals surface area (Å²) in [7, 11) is 0. The van der Waals surface area contributed by atoms with Crippen molar-refractivity contribution in [2.45, 2.75) is 19.6 Å². The lowest BCUT2D eigenvalue weighted by molar-refractivity contribution is 0.290. The van der Waals surface area contributed by atoms with Gasteiger partial charge in [-0.1, -0.05) is 34.1 Å². The van der Waals surface area contributed by atoms with Crippen molar-refractivity contribution >= 4 is 15.9 Å². The van der Waals surface area contributed by atoms with Crippen LogP contribution in [0.25, 0.3) is 0 Å². The molecule has 2 aromatic carbocycles. The van der Waals surface area contributed by atoms with E-state index in [-0.39, 0.29) is 17.6 Å². The van der Waals surface area contributed by atoms with Crippen LogP contribution in [0.1, 0.15) is 24.1 Å². The Balaban J connectivity index is 2.05. The number of hydrogen-bond donors (Lipinski definition) is 1. The standard InChI is InChI=1S/C15H15BrFNO/c1-10(18)12-4-7-15(14(17)8-12)19-9-11-2-5-13(16)6-3-11/h2-8,10H,9,18H2,1H3/t10-/m0/s1. The molecule has 0 aliphatic heterocycles. The zero-order chi connectivity index (χ0) is 13.8. The van der Waals surface area contributed by atoms with Crippen LogP contribution in [-0.4, -0.2) is 0 Å². The predicted molar refractivity (Wildman–Crippen MR) is 77.5 cm³/mol. The van der Waals surface area contributed by atoms with E-state index in [4.69, 9.17) is 10.5 Å². The van der Waals surface area contributed by atoms with Crippen LogP contribution >= 0.6 is 15.9 Å². The molecule has 0 fully saturated rings. The molecule has 2 N–H and O–H groups in total. The van der Waals surface area contributed by atoms with E-state index in [2.05, 4.69) is 15.9 Å². The second kappa shape index (κ2) is 6.17. The molecule has 0 aromatic heterocycles. The summed E-state index contributed by atoms with van der Waals surface area (Å²) in [6.07, 6.45) is 0. The zero-order valence-electron chi connectivity index (χ0n) is 10.6. The average Bonchev–Trinajstić information content (AvgIpc) is 2.39. The molecule has 0 unspecified atom stereocenters. The van der Waals surface area contributed by atoms with Crippen LogP contribution in [0.2, 0.25) is 0 Å². The van der Waals surface area contributed by atoms with Gasteiger partial charge in [-0.3, -0.25) is 0 Å². The monoisotopic (exact) mass is 323 g/mol. The molecule has 0 spiro atoms. The van der Waals surface area contributed by atoms with Gasteiger partial charge in [0.1, 0.15) is 6.61 Å². The lowest BCUT2D eigenvalue weighted by atomic mass is 10.1. The number of rotatable bonds is 4. The van der Waals surface area contributed by atoms with Gasteiger partial charge in [-0.2, -0.15) is 0 Å². The largest absolute Gasteiger partial charge is 0.486 e. The molecule has 0 amide bonds. The third-order valence-electron chi connectivity index (χ3n) is 2.79. The van der Waals surface area contributed by atoms with E-state index in [0.29, 0.717) is 6.61 Å². The van der Waals surface area contributed by atoms with Gasteiger partial charge in [-0.05, 0) is 42.3 Å². The van der Waals surface area contributed by atoms with E-state index < -0.39 is 0 Å². The number of halogens is 2. The number of ether oxygens (including phenoxy) is 1. The normalized spacial score (nSPS) is 12.2. The van der Waals surface area contributed by atoms with Gasteiger partial charge in [0.2, 0.25) is 0 Å². The molecule has 2 aromatic rings. The molecule has 0 saturated carbocycles. The van der Waals surface area contributed by atoms with Crippen LogP contribution in [0.3, 0.4) is 0 Å². The highest BCUT2D eigenvalue weighted by molar-refractivity contribution is 9.10. The SMILES string of the molecule is C[C@H](N)c1ccc(OCc2ccc(Br)cc2)c(F)c1. The summed E-state index contributed by atoms with van der Waals surface area (Å²) in [5.41, 5.74) is 7.44. The Bertz CT molecular complexity index is 555. The van der Waals surface area contributed by atoms with Gasteiger partial charge in [-0.25, -0.2) is 4.39 Å². The quantitative estimate of drug-likeness (QED) is 0.915. The first-order chi connectivity index (χ1) is 9.06. The first-order valence-corrected chi connectivity index (χ1v) is 6.78. The Labute approximate surface area is 120 Å². The fourth-order valence-electron chi connectivity index (χ4n) is 1.66. The summed E-state index contributed by atoms with van der Waals surface area (Å²) in [5.74, 6) is -0.140. The maximum atomic E-state index is 13.8. The summed E-state index contributed by atoms with van der Waals surface area (Å²) in [4.78, 5) is 0. The Morgan fingerprint density at radius 1 is 1.21 bits per heavy atom. The van der Waals surface area contributed by atoms with Crippen molar-refractivity contribution in [3.63, 3.8) is 0 Å². The Morgan fingerprint density at radius 2 is 1.89 bits per heavy atom. The minimum atomic E-state index is -0.382. The highest BCUT2D eigenvalue weighted by Crippen LogP contribution is 2.22. The molecular formula is C15H15BrFNO. The zero-order valence-corrected chi connectivity index (χ0v) is 12.2. The minimum absolute atomic E-state index is 0.185. The van der Waals surface area contributed by atoms with Gasteiger partial charge in [0.25, 0.3) is 0 Å². The molecular weight excluding hydrogens is 309 g/mol. The molecule has 19 heavy (non-hydrogen) atoms. The first kappa shape index (κ1) is 14.0. The fraction of sp³-hybridized carbons (Fsp3) is 0.200. The topological polar surface area (TPSA) is 35.2 Å². The van der Waals surface area contributed by atoms with Crippen molar-refractivity contribution in [3.05, 3.63) is 63.9 Å². The second-order valence-electron chi connectivity index (χ2n) is 4.39. The number of benzene rings is 2. The van der Waals surface area contributed by atoms with Crippen LogP contribution in [0.15, 0.2) is 46.9 Å². The second-order valence-corrected chi connectivity index (χ2v) is 5.31. The highest BCUT2D eigenvalue weighted by atomic mass is 79.9. The van der Waals surface area contributed by atoms with E-state index in [1.165, 1.54) is 6.07 Å². The van der Waals surface area contributed by atoms with E-state index in [9.17, 15) is 4.39 Å². The molecule has 0 heterocycles. The molecule has 0 bridgehead atoms. The van der Waals surface area contributed by atoms with Crippen LogP contribution in [0, 0.1) is 5.82 Å². The van der Waals surface area contributed by atoms with Crippen LogP contribution in [0.4, 0.5) is 4.39 Å². The molecule has 2 rings (SSSR count). The van der Waals surface area contributed by atoms with Gasteiger partial charge >= 0.3 is 0 Å². The summed E-state index contributed by atoms with van der Waals surface area (Å²) >= 11 is 3.36. The van der Waals surface area contributed by atoms with Gasteiger partial charge in [0.05, 0.1) is 0 Å². The molecule has 1 atom stereocenters. The third kappa shape index (κ3) is 3.78. The van der Waals surface area contributed by atoms with Crippen molar-refractivity contribution < 1.29 is 9.13 Å². The maximum Gasteiger partial charge on any atom is 0.165 e. The van der Waals surface area contributed by atoms with Gasteiger partial charge < -0.3 is 10.5 Å².